The van der Waals surface area contributed by atoms with Crippen LogP contribution in [0.25, 0.3) is 0 Å². The first-order chi connectivity index (χ1) is 9.54. The zero-order valence-corrected chi connectivity index (χ0v) is 12.7. The highest BCUT2D eigenvalue weighted by Crippen LogP contribution is 2.30. The Bertz CT molecular complexity index is 473. The number of likely N-dealkylation sites (tertiary alicyclic amines) is 1. The standard InChI is InChI=1S/C16H25N3O/c1-12-6-4-7-13(10-12)15(11-17)19-9-5-8-14(19)16(20)18(2)3/h4,6-7,10,14-15H,5,8-9,11,17H2,1-3H3. The number of carbonyl (C=O) groups excluding carboxylic acids is 1. The lowest BCUT2D eigenvalue weighted by molar-refractivity contribution is -0.134. The summed E-state index contributed by atoms with van der Waals surface area (Å²) in [6, 6.07) is 8.54. The zero-order valence-electron chi connectivity index (χ0n) is 12.7. The van der Waals surface area contributed by atoms with Gasteiger partial charge < -0.3 is 10.6 Å². The van der Waals surface area contributed by atoms with Crippen LogP contribution in [0, 0.1) is 6.92 Å². The first-order valence-corrected chi connectivity index (χ1v) is 7.28. The average Bonchev–Trinajstić information content (AvgIpc) is 2.88. The molecular formula is C16H25N3O. The van der Waals surface area contributed by atoms with Crippen molar-refractivity contribution in [1.82, 2.24) is 9.80 Å². The third-order valence-corrected chi connectivity index (χ3v) is 4.07. The average molecular weight is 275 g/mol. The van der Waals surface area contributed by atoms with Crippen molar-refractivity contribution in [3.63, 3.8) is 0 Å². The van der Waals surface area contributed by atoms with Crippen LogP contribution in [0.3, 0.4) is 0 Å². The van der Waals surface area contributed by atoms with Crippen LogP contribution < -0.4 is 5.73 Å². The molecule has 1 aromatic rings. The van der Waals surface area contributed by atoms with Crippen molar-refractivity contribution < 1.29 is 4.79 Å². The number of hydrogen-bond acceptors (Lipinski definition) is 3. The first-order valence-electron chi connectivity index (χ1n) is 7.28. The molecule has 1 aromatic carbocycles. The van der Waals surface area contributed by atoms with Crippen LogP contribution in [0.15, 0.2) is 24.3 Å². The van der Waals surface area contributed by atoms with Gasteiger partial charge in [-0.1, -0.05) is 29.8 Å². The highest BCUT2D eigenvalue weighted by Gasteiger charge is 2.36. The minimum atomic E-state index is -0.0286. The summed E-state index contributed by atoms with van der Waals surface area (Å²) < 4.78 is 0. The van der Waals surface area contributed by atoms with E-state index in [4.69, 9.17) is 5.73 Å². The molecular weight excluding hydrogens is 250 g/mol. The Morgan fingerprint density at radius 3 is 2.85 bits per heavy atom. The van der Waals surface area contributed by atoms with E-state index in [1.165, 1.54) is 11.1 Å². The Balaban J connectivity index is 2.24. The summed E-state index contributed by atoms with van der Waals surface area (Å²) in [6.45, 7) is 3.57. The zero-order chi connectivity index (χ0) is 14.7. The van der Waals surface area contributed by atoms with Gasteiger partial charge >= 0.3 is 0 Å². The third kappa shape index (κ3) is 3.02. The van der Waals surface area contributed by atoms with Gasteiger partial charge in [0.25, 0.3) is 0 Å². The second-order valence-electron chi connectivity index (χ2n) is 5.79. The van der Waals surface area contributed by atoms with E-state index in [0.29, 0.717) is 6.54 Å². The first kappa shape index (κ1) is 15.0. The molecule has 0 spiro atoms. The molecule has 20 heavy (non-hydrogen) atoms. The van der Waals surface area contributed by atoms with E-state index in [2.05, 4.69) is 36.1 Å². The van der Waals surface area contributed by atoms with Crippen LogP contribution in [0.5, 0.6) is 0 Å². The number of carbonyl (C=O) groups is 1. The Kier molecular flexibility index (Phi) is 4.78. The molecule has 1 heterocycles. The molecule has 1 saturated heterocycles. The third-order valence-electron chi connectivity index (χ3n) is 4.07. The number of nitrogens with zero attached hydrogens (tertiary/aromatic N) is 2. The monoisotopic (exact) mass is 275 g/mol. The molecule has 110 valence electrons. The summed E-state index contributed by atoms with van der Waals surface area (Å²) in [4.78, 5) is 16.3. The van der Waals surface area contributed by atoms with Crippen LogP contribution >= 0.6 is 0 Å². The SMILES string of the molecule is Cc1cccc(C(CN)N2CCCC2C(=O)N(C)C)c1. The molecule has 0 radical (unpaired) electrons. The Morgan fingerprint density at radius 1 is 1.50 bits per heavy atom. The van der Waals surface area contributed by atoms with Gasteiger partial charge in [0.1, 0.15) is 0 Å². The molecule has 1 aliphatic rings. The van der Waals surface area contributed by atoms with E-state index < -0.39 is 0 Å². The minimum absolute atomic E-state index is 0.0286. The largest absolute Gasteiger partial charge is 0.347 e. The fourth-order valence-electron chi connectivity index (χ4n) is 3.07. The minimum Gasteiger partial charge on any atom is -0.347 e. The van der Waals surface area contributed by atoms with Crippen LogP contribution in [-0.2, 0) is 4.79 Å². The molecule has 1 aliphatic heterocycles. The molecule has 0 aromatic heterocycles. The topological polar surface area (TPSA) is 49.6 Å². The summed E-state index contributed by atoms with van der Waals surface area (Å²) in [5, 5.41) is 0. The predicted molar refractivity (Wildman–Crippen MR) is 81.4 cm³/mol. The lowest BCUT2D eigenvalue weighted by Gasteiger charge is -2.33. The summed E-state index contributed by atoms with van der Waals surface area (Å²) in [5.41, 5.74) is 8.45. The van der Waals surface area contributed by atoms with E-state index in [-0.39, 0.29) is 18.0 Å². The molecule has 0 aliphatic carbocycles. The number of nitrogens with two attached hydrogens (primary N) is 1. The van der Waals surface area contributed by atoms with E-state index in [0.717, 1.165) is 19.4 Å². The lowest BCUT2D eigenvalue weighted by atomic mass is 10.0. The highest BCUT2D eigenvalue weighted by molar-refractivity contribution is 5.81. The molecule has 1 fully saturated rings. The molecule has 4 heteroatoms. The lowest BCUT2D eigenvalue weighted by Crippen LogP contribution is -2.46. The fourth-order valence-corrected chi connectivity index (χ4v) is 3.07. The molecule has 2 atom stereocenters. The van der Waals surface area contributed by atoms with Gasteiger partial charge in [0.15, 0.2) is 0 Å². The summed E-state index contributed by atoms with van der Waals surface area (Å²) in [6.07, 6.45) is 1.99. The maximum absolute atomic E-state index is 12.3. The maximum atomic E-state index is 12.3. The van der Waals surface area contributed by atoms with Gasteiger partial charge in [-0.05, 0) is 31.9 Å². The number of amides is 1. The molecule has 2 rings (SSSR count). The van der Waals surface area contributed by atoms with Gasteiger partial charge in [-0.25, -0.2) is 0 Å². The van der Waals surface area contributed by atoms with Crippen LogP contribution in [0.4, 0.5) is 0 Å². The Labute approximate surface area is 121 Å². The van der Waals surface area contributed by atoms with E-state index in [1.54, 1.807) is 4.90 Å². The van der Waals surface area contributed by atoms with Crippen molar-refractivity contribution in [2.24, 2.45) is 5.73 Å². The van der Waals surface area contributed by atoms with Crippen molar-refractivity contribution in [3.8, 4) is 0 Å². The van der Waals surface area contributed by atoms with Gasteiger partial charge in [-0.2, -0.15) is 0 Å². The smallest absolute Gasteiger partial charge is 0.239 e. The van der Waals surface area contributed by atoms with Gasteiger partial charge in [-0.3, -0.25) is 9.69 Å². The predicted octanol–water partition coefficient (Wildman–Crippen LogP) is 1.55. The molecule has 0 saturated carbocycles. The van der Waals surface area contributed by atoms with Gasteiger partial charge in [0.05, 0.1) is 6.04 Å². The number of hydrogen-bond donors (Lipinski definition) is 1. The molecule has 2 N–H and O–H groups in total. The highest BCUT2D eigenvalue weighted by atomic mass is 16.2. The maximum Gasteiger partial charge on any atom is 0.239 e. The van der Waals surface area contributed by atoms with Crippen LogP contribution in [-0.4, -0.2) is 48.9 Å². The van der Waals surface area contributed by atoms with Crippen LogP contribution in [0.1, 0.15) is 30.0 Å². The van der Waals surface area contributed by atoms with Crippen molar-refractivity contribution in [2.45, 2.75) is 31.8 Å². The van der Waals surface area contributed by atoms with Gasteiger partial charge in [0.2, 0.25) is 5.91 Å². The Hall–Kier alpha value is -1.39. The molecule has 0 bridgehead atoms. The van der Waals surface area contributed by atoms with Crippen LogP contribution in [0.2, 0.25) is 0 Å². The Morgan fingerprint density at radius 2 is 2.25 bits per heavy atom. The van der Waals surface area contributed by atoms with Gasteiger partial charge in [0, 0.05) is 26.7 Å². The summed E-state index contributed by atoms with van der Waals surface area (Å²) in [5.74, 6) is 0.189. The van der Waals surface area contributed by atoms with Gasteiger partial charge in [-0.15, -0.1) is 0 Å². The number of likely N-dealkylation sites (N-methyl/N-ethyl adjacent to an activating group) is 1. The van der Waals surface area contributed by atoms with E-state index in [1.807, 2.05) is 14.1 Å². The second-order valence-corrected chi connectivity index (χ2v) is 5.79. The van der Waals surface area contributed by atoms with Crippen molar-refractivity contribution in [3.05, 3.63) is 35.4 Å². The summed E-state index contributed by atoms with van der Waals surface area (Å²) >= 11 is 0. The summed E-state index contributed by atoms with van der Waals surface area (Å²) in [7, 11) is 3.64. The second kappa shape index (κ2) is 6.37. The number of aryl methyl sites for hydroxylation is 1. The normalized spacial score (nSPS) is 20.9. The number of rotatable bonds is 4. The van der Waals surface area contributed by atoms with E-state index >= 15 is 0 Å². The van der Waals surface area contributed by atoms with Crippen molar-refractivity contribution in [1.29, 1.82) is 0 Å². The fraction of sp³-hybridized carbons (Fsp3) is 0.562. The number of benzene rings is 1. The van der Waals surface area contributed by atoms with E-state index in [9.17, 15) is 4.79 Å². The molecule has 4 nitrogen and oxygen atoms in total. The van der Waals surface area contributed by atoms with Crippen molar-refractivity contribution >= 4 is 5.91 Å². The van der Waals surface area contributed by atoms with Crippen molar-refractivity contribution in [2.75, 3.05) is 27.2 Å². The molecule has 2 unspecified atom stereocenters. The quantitative estimate of drug-likeness (QED) is 0.907. The molecule has 1 amide bonds.